The number of hydroxylamine groups is 1. The van der Waals surface area contributed by atoms with E-state index in [0.29, 0.717) is 0 Å². The summed E-state index contributed by atoms with van der Waals surface area (Å²) in [5.74, 6) is -0.520. The van der Waals surface area contributed by atoms with E-state index in [1.165, 1.54) is 6.92 Å². The van der Waals surface area contributed by atoms with E-state index in [2.05, 4.69) is 5.48 Å². The number of hydrogen-bond donors (Lipinski definition) is 1. The molecule has 0 bridgehead atoms. The van der Waals surface area contributed by atoms with Gasteiger partial charge in [0.2, 0.25) is 0 Å². The molecular formula is C17H19ClNO5P. The SMILES string of the molecule is C[C@H](NOC1CCC1)C(=O)OP(=O)(Cl)Oc1cccc2ccccc12. The van der Waals surface area contributed by atoms with Crippen LogP contribution in [0.1, 0.15) is 26.2 Å². The minimum absolute atomic E-state index is 0.102. The molecule has 1 saturated carbocycles. The minimum Gasteiger partial charge on any atom is -0.404 e. The van der Waals surface area contributed by atoms with Crippen LogP contribution in [0.3, 0.4) is 0 Å². The van der Waals surface area contributed by atoms with Crippen molar-refractivity contribution in [3.8, 4) is 5.75 Å². The second-order valence-electron chi connectivity index (χ2n) is 5.92. The zero-order chi connectivity index (χ0) is 17.9. The molecule has 2 aromatic carbocycles. The Morgan fingerprint density at radius 1 is 1.24 bits per heavy atom. The number of fused-ring (bicyclic) bond motifs is 1. The predicted octanol–water partition coefficient (Wildman–Crippen LogP) is 4.57. The highest BCUT2D eigenvalue weighted by molar-refractivity contribution is 7.82. The van der Waals surface area contributed by atoms with Crippen molar-refractivity contribution in [2.24, 2.45) is 0 Å². The van der Waals surface area contributed by atoms with Gasteiger partial charge in [0.1, 0.15) is 11.8 Å². The summed E-state index contributed by atoms with van der Waals surface area (Å²) in [5.41, 5.74) is 2.59. The molecule has 1 unspecified atom stereocenters. The van der Waals surface area contributed by atoms with Crippen LogP contribution in [0, 0.1) is 0 Å². The predicted molar refractivity (Wildman–Crippen MR) is 95.4 cm³/mol. The van der Waals surface area contributed by atoms with E-state index in [0.717, 1.165) is 30.0 Å². The highest BCUT2D eigenvalue weighted by atomic mass is 35.7. The average Bonchev–Trinajstić information content (AvgIpc) is 2.53. The molecule has 0 aliphatic heterocycles. The molecule has 0 spiro atoms. The zero-order valence-electron chi connectivity index (χ0n) is 13.7. The Balaban J connectivity index is 1.62. The fourth-order valence-corrected chi connectivity index (χ4v) is 3.56. The highest BCUT2D eigenvalue weighted by Crippen LogP contribution is 2.54. The quantitative estimate of drug-likeness (QED) is 0.557. The Kier molecular flexibility index (Phi) is 5.64. The molecule has 1 fully saturated rings. The van der Waals surface area contributed by atoms with Crippen molar-refractivity contribution in [2.75, 3.05) is 0 Å². The molecule has 1 N–H and O–H groups in total. The molecule has 134 valence electrons. The van der Waals surface area contributed by atoms with Crippen LogP contribution in [0.15, 0.2) is 42.5 Å². The maximum Gasteiger partial charge on any atom is 0.532 e. The van der Waals surface area contributed by atoms with Gasteiger partial charge in [0, 0.05) is 16.6 Å². The molecule has 2 atom stereocenters. The van der Waals surface area contributed by atoms with Crippen molar-refractivity contribution >= 4 is 34.9 Å². The number of hydrogen-bond acceptors (Lipinski definition) is 6. The van der Waals surface area contributed by atoms with Crippen LogP contribution in [0.4, 0.5) is 0 Å². The minimum atomic E-state index is -4.14. The van der Waals surface area contributed by atoms with E-state index in [1.807, 2.05) is 24.3 Å². The Morgan fingerprint density at radius 3 is 2.68 bits per heavy atom. The van der Waals surface area contributed by atoms with Gasteiger partial charge < -0.3 is 9.05 Å². The van der Waals surface area contributed by atoms with Crippen molar-refractivity contribution in [3.63, 3.8) is 0 Å². The van der Waals surface area contributed by atoms with E-state index >= 15 is 0 Å². The number of rotatable bonds is 7. The number of nitrogens with one attached hydrogen (secondary N) is 1. The topological polar surface area (TPSA) is 73.9 Å². The lowest BCUT2D eigenvalue weighted by atomic mass is 9.97. The van der Waals surface area contributed by atoms with Crippen LogP contribution in [-0.2, 0) is 18.7 Å². The maximum absolute atomic E-state index is 12.4. The number of benzene rings is 2. The van der Waals surface area contributed by atoms with E-state index in [9.17, 15) is 9.36 Å². The summed E-state index contributed by atoms with van der Waals surface area (Å²) in [6.07, 6.45) is 3.12. The van der Waals surface area contributed by atoms with Crippen LogP contribution in [0.25, 0.3) is 10.8 Å². The van der Waals surface area contributed by atoms with Crippen molar-refractivity contribution in [2.45, 2.75) is 38.3 Å². The largest absolute Gasteiger partial charge is 0.532 e. The van der Waals surface area contributed by atoms with Gasteiger partial charge in [0.15, 0.2) is 0 Å². The van der Waals surface area contributed by atoms with Crippen molar-refractivity contribution in [3.05, 3.63) is 42.5 Å². The van der Waals surface area contributed by atoms with Crippen LogP contribution < -0.4 is 10.0 Å². The van der Waals surface area contributed by atoms with Gasteiger partial charge in [-0.05, 0) is 37.6 Å². The summed E-state index contributed by atoms with van der Waals surface area (Å²) in [6, 6.07) is 11.8. The lowest BCUT2D eigenvalue weighted by Gasteiger charge is -2.26. The average molecular weight is 384 g/mol. The number of carbonyl (C=O) groups excluding carboxylic acids is 1. The van der Waals surface area contributed by atoms with Crippen LogP contribution in [0.2, 0.25) is 0 Å². The molecule has 0 heterocycles. The molecule has 1 aliphatic rings. The van der Waals surface area contributed by atoms with E-state index < -0.39 is 19.0 Å². The van der Waals surface area contributed by atoms with Gasteiger partial charge >= 0.3 is 12.9 Å². The second-order valence-corrected chi connectivity index (χ2v) is 8.39. The molecule has 1 aliphatic carbocycles. The number of halogens is 1. The van der Waals surface area contributed by atoms with Gasteiger partial charge in [0.25, 0.3) is 0 Å². The van der Waals surface area contributed by atoms with Gasteiger partial charge in [-0.2, -0.15) is 5.48 Å². The Labute approximate surface area is 150 Å². The van der Waals surface area contributed by atoms with Gasteiger partial charge in [0.05, 0.1) is 6.10 Å². The third kappa shape index (κ3) is 4.73. The van der Waals surface area contributed by atoms with Gasteiger partial charge in [-0.1, -0.05) is 36.4 Å². The molecule has 25 heavy (non-hydrogen) atoms. The zero-order valence-corrected chi connectivity index (χ0v) is 15.3. The summed E-state index contributed by atoms with van der Waals surface area (Å²) in [5, 5.41) is 1.62. The first-order chi connectivity index (χ1) is 11.9. The van der Waals surface area contributed by atoms with Crippen molar-refractivity contribution in [1.29, 1.82) is 0 Å². The summed E-state index contributed by atoms with van der Waals surface area (Å²) in [7, 11) is 0. The first-order valence-electron chi connectivity index (χ1n) is 8.06. The summed E-state index contributed by atoms with van der Waals surface area (Å²) < 4.78 is 22.5. The summed E-state index contributed by atoms with van der Waals surface area (Å²) in [6.45, 7) is -2.60. The second kappa shape index (κ2) is 7.75. The molecule has 0 radical (unpaired) electrons. The molecule has 2 aromatic rings. The Bertz CT molecular complexity index is 805. The third-order valence-corrected chi connectivity index (χ3v) is 5.20. The van der Waals surface area contributed by atoms with Gasteiger partial charge in [-0.25, -0.2) is 9.36 Å². The lowest BCUT2D eigenvalue weighted by molar-refractivity contribution is -0.145. The standard InChI is InChI=1S/C17H19ClNO5P/c1-12(19-22-14-8-5-9-14)17(20)24-25(18,21)23-16-11-4-7-13-6-2-3-10-15(13)16/h2-4,6-7,10-12,14,19H,5,8-9H2,1H3/t12-,25?/m0/s1. The van der Waals surface area contributed by atoms with Crippen LogP contribution >= 0.6 is 18.2 Å². The fourth-order valence-electron chi connectivity index (χ4n) is 2.33. The van der Waals surface area contributed by atoms with Gasteiger partial charge in [-0.15, -0.1) is 0 Å². The van der Waals surface area contributed by atoms with Gasteiger partial charge in [-0.3, -0.25) is 4.84 Å². The van der Waals surface area contributed by atoms with Crippen LogP contribution in [-0.4, -0.2) is 18.1 Å². The number of carbonyl (C=O) groups is 1. The molecule has 0 aromatic heterocycles. The Morgan fingerprint density at radius 2 is 1.96 bits per heavy atom. The van der Waals surface area contributed by atoms with E-state index in [-0.39, 0.29) is 11.9 Å². The molecule has 8 heteroatoms. The van der Waals surface area contributed by atoms with E-state index in [1.54, 1.807) is 18.2 Å². The van der Waals surface area contributed by atoms with E-state index in [4.69, 9.17) is 25.1 Å². The molecule has 0 saturated heterocycles. The maximum atomic E-state index is 12.4. The lowest BCUT2D eigenvalue weighted by Crippen LogP contribution is -2.39. The summed E-state index contributed by atoms with van der Waals surface area (Å²) >= 11 is 5.83. The normalized spacial score (nSPS) is 18.2. The first-order valence-corrected chi connectivity index (χ1v) is 10.5. The molecular weight excluding hydrogens is 365 g/mol. The van der Waals surface area contributed by atoms with Crippen molar-refractivity contribution in [1.82, 2.24) is 5.48 Å². The van der Waals surface area contributed by atoms with Crippen molar-refractivity contribution < 1.29 is 23.2 Å². The monoisotopic (exact) mass is 383 g/mol. The molecule has 3 rings (SSSR count). The summed E-state index contributed by atoms with van der Waals surface area (Å²) in [4.78, 5) is 17.4. The fraction of sp³-hybridized carbons (Fsp3) is 0.353. The molecule has 6 nitrogen and oxygen atoms in total. The smallest absolute Gasteiger partial charge is 0.404 e. The third-order valence-electron chi connectivity index (χ3n) is 3.97. The highest BCUT2D eigenvalue weighted by Gasteiger charge is 2.31. The Hall–Kier alpha value is -1.59. The first kappa shape index (κ1) is 18.2. The molecule has 0 amide bonds. The van der Waals surface area contributed by atoms with Crippen LogP contribution in [0.5, 0.6) is 5.75 Å².